The largest absolute Gasteiger partial charge is 0.396 e. The van der Waals surface area contributed by atoms with E-state index in [0.29, 0.717) is 17.1 Å². The van der Waals surface area contributed by atoms with Crippen molar-refractivity contribution < 1.29 is 5.11 Å². The molecule has 0 radical (unpaired) electrons. The summed E-state index contributed by atoms with van der Waals surface area (Å²) in [5, 5.41) is 8.86. The number of rotatable bonds is 2. The van der Waals surface area contributed by atoms with Crippen LogP contribution in [0, 0.1) is 5.92 Å². The van der Waals surface area contributed by atoms with Crippen molar-refractivity contribution >= 4 is 23.5 Å². The van der Waals surface area contributed by atoms with Gasteiger partial charge in [0, 0.05) is 12.5 Å². The highest BCUT2D eigenvalue weighted by atomic mass is 32.2. The highest BCUT2D eigenvalue weighted by Crippen LogP contribution is 2.35. The fraction of sp³-hybridized carbons (Fsp3) is 1.00. The van der Waals surface area contributed by atoms with Crippen molar-refractivity contribution in [1.29, 1.82) is 0 Å². The van der Waals surface area contributed by atoms with Crippen molar-refractivity contribution in [3.63, 3.8) is 0 Å². The van der Waals surface area contributed by atoms with Crippen molar-refractivity contribution in [3.05, 3.63) is 0 Å². The Bertz CT molecular complexity index is 91.6. The summed E-state index contributed by atoms with van der Waals surface area (Å²) in [5.41, 5.74) is 0. The molecule has 0 aromatic heterocycles. The lowest BCUT2D eigenvalue weighted by Crippen LogP contribution is -2.18. The van der Waals surface area contributed by atoms with Crippen LogP contribution >= 0.6 is 23.5 Å². The molecule has 1 aliphatic heterocycles. The summed E-state index contributed by atoms with van der Waals surface area (Å²) in [6.45, 7) is 2.46. The van der Waals surface area contributed by atoms with Gasteiger partial charge in [-0.2, -0.15) is 0 Å². The van der Waals surface area contributed by atoms with Crippen LogP contribution in [0.2, 0.25) is 0 Å². The predicted molar refractivity (Wildman–Crippen MR) is 49.6 cm³/mol. The van der Waals surface area contributed by atoms with Crippen LogP contribution in [0.25, 0.3) is 0 Å². The summed E-state index contributed by atoms with van der Waals surface area (Å²) in [5.74, 6) is 3.03. The molecule has 1 atom stereocenters. The summed E-state index contributed by atoms with van der Waals surface area (Å²) in [6.07, 6.45) is 1.34. The minimum atomic E-state index is 0.338. The fourth-order valence-corrected chi connectivity index (χ4v) is 3.98. The highest BCUT2D eigenvalue weighted by molar-refractivity contribution is 8.17. The third-order valence-electron chi connectivity index (χ3n) is 1.61. The van der Waals surface area contributed by atoms with Crippen LogP contribution in [0.3, 0.4) is 0 Å². The van der Waals surface area contributed by atoms with Crippen LogP contribution in [0.1, 0.15) is 13.3 Å². The molecule has 0 aromatic rings. The van der Waals surface area contributed by atoms with E-state index in [1.54, 1.807) is 0 Å². The van der Waals surface area contributed by atoms with Gasteiger partial charge >= 0.3 is 0 Å². The Balaban J connectivity index is 2.24. The molecule has 1 N–H and O–H groups in total. The third-order valence-corrected chi connectivity index (χ3v) is 5.06. The van der Waals surface area contributed by atoms with E-state index in [9.17, 15) is 0 Å². The Morgan fingerprint density at radius 2 is 2.10 bits per heavy atom. The SMILES string of the molecule is C[C@H](CO)C1SCCCS1. The zero-order valence-corrected chi connectivity index (χ0v) is 7.88. The van der Waals surface area contributed by atoms with Crippen LogP contribution in [0.15, 0.2) is 0 Å². The summed E-state index contributed by atoms with van der Waals surface area (Å²) in [4.78, 5) is 0. The molecule has 0 saturated carbocycles. The molecule has 1 rings (SSSR count). The smallest absolute Gasteiger partial charge is 0.0549 e. The summed E-state index contributed by atoms with van der Waals surface area (Å²) in [6, 6.07) is 0. The first-order chi connectivity index (χ1) is 4.84. The molecule has 0 bridgehead atoms. The third kappa shape index (κ3) is 2.36. The van der Waals surface area contributed by atoms with Gasteiger partial charge in [0.2, 0.25) is 0 Å². The Morgan fingerprint density at radius 1 is 1.50 bits per heavy atom. The molecule has 1 nitrogen and oxygen atoms in total. The minimum absolute atomic E-state index is 0.338. The molecule has 1 saturated heterocycles. The topological polar surface area (TPSA) is 20.2 Å². The average molecular weight is 178 g/mol. The van der Waals surface area contributed by atoms with E-state index in [1.165, 1.54) is 17.9 Å². The van der Waals surface area contributed by atoms with Gasteiger partial charge in [0.15, 0.2) is 0 Å². The Labute approximate surface area is 71.0 Å². The zero-order valence-electron chi connectivity index (χ0n) is 6.25. The Kier molecular flexibility index (Phi) is 3.96. The minimum Gasteiger partial charge on any atom is -0.396 e. The van der Waals surface area contributed by atoms with Gasteiger partial charge in [0.25, 0.3) is 0 Å². The van der Waals surface area contributed by atoms with Crippen molar-refractivity contribution in [2.24, 2.45) is 5.92 Å². The lowest BCUT2D eigenvalue weighted by atomic mass is 10.2. The van der Waals surface area contributed by atoms with E-state index in [2.05, 4.69) is 6.92 Å². The van der Waals surface area contributed by atoms with Gasteiger partial charge in [-0.1, -0.05) is 6.92 Å². The second kappa shape index (κ2) is 4.52. The van der Waals surface area contributed by atoms with Crippen LogP contribution in [-0.4, -0.2) is 27.8 Å². The zero-order chi connectivity index (χ0) is 7.40. The fourth-order valence-electron chi connectivity index (χ4n) is 0.921. The van der Waals surface area contributed by atoms with Gasteiger partial charge in [-0.25, -0.2) is 0 Å². The van der Waals surface area contributed by atoms with Gasteiger partial charge in [0.1, 0.15) is 0 Å². The maximum atomic E-state index is 8.86. The first-order valence-corrected chi connectivity index (χ1v) is 5.78. The first-order valence-electron chi connectivity index (χ1n) is 3.68. The maximum Gasteiger partial charge on any atom is 0.0549 e. The molecule has 1 aliphatic rings. The van der Waals surface area contributed by atoms with E-state index in [4.69, 9.17) is 5.11 Å². The van der Waals surface area contributed by atoms with E-state index in [-0.39, 0.29) is 0 Å². The second-order valence-electron chi connectivity index (χ2n) is 2.62. The van der Waals surface area contributed by atoms with Gasteiger partial charge in [0.05, 0.1) is 4.58 Å². The quantitative estimate of drug-likeness (QED) is 0.696. The molecular formula is C7H14OS2. The molecule has 0 unspecified atom stereocenters. The van der Waals surface area contributed by atoms with Crippen LogP contribution < -0.4 is 0 Å². The number of aliphatic hydroxyl groups excluding tert-OH is 1. The van der Waals surface area contributed by atoms with E-state index in [0.717, 1.165) is 0 Å². The summed E-state index contributed by atoms with van der Waals surface area (Å²) >= 11 is 4.00. The Hall–Kier alpha value is 0.660. The molecule has 0 aliphatic carbocycles. The van der Waals surface area contributed by atoms with E-state index in [1.807, 2.05) is 23.5 Å². The lowest BCUT2D eigenvalue weighted by molar-refractivity contribution is 0.246. The van der Waals surface area contributed by atoms with Crippen molar-refractivity contribution in [3.8, 4) is 0 Å². The maximum absolute atomic E-state index is 8.86. The monoisotopic (exact) mass is 178 g/mol. The molecule has 0 spiro atoms. The molecule has 0 aromatic carbocycles. The second-order valence-corrected chi connectivity index (χ2v) is 5.42. The standard InChI is InChI=1S/C7H14OS2/c1-6(5-8)7-9-3-2-4-10-7/h6-8H,2-5H2,1H3/t6-/m1/s1. The van der Waals surface area contributed by atoms with E-state index >= 15 is 0 Å². The van der Waals surface area contributed by atoms with Gasteiger partial charge in [-0.15, -0.1) is 23.5 Å². The molecule has 0 amide bonds. The van der Waals surface area contributed by atoms with Crippen LogP contribution in [0.5, 0.6) is 0 Å². The predicted octanol–water partition coefficient (Wildman–Crippen LogP) is 1.81. The number of hydrogen-bond donors (Lipinski definition) is 1. The molecule has 60 valence electrons. The van der Waals surface area contributed by atoms with Crippen molar-refractivity contribution in [2.45, 2.75) is 17.9 Å². The molecule has 10 heavy (non-hydrogen) atoms. The molecule has 1 fully saturated rings. The van der Waals surface area contributed by atoms with E-state index < -0.39 is 0 Å². The molecule has 3 heteroatoms. The summed E-state index contributed by atoms with van der Waals surface area (Å²) < 4.78 is 0.652. The average Bonchev–Trinajstić information content (AvgIpc) is 2.05. The molecular weight excluding hydrogens is 164 g/mol. The number of aliphatic hydroxyl groups is 1. The number of thioether (sulfide) groups is 2. The molecule has 1 heterocycles. The summed E-state index contributed by atoms with van der Waals surface area (Å²) in [7, 11) is 0. The van der Waals surface area contributed by atoms with Crippen molar-refractivity contribution in [1.82, 2.24) is 0 Å². The van der Waals surface area contributed by atoms with Crippen LogP contribution in [0.4, 0.5) is 0 Å². The lowest BCUT2D eigenvalue weighted by Gasteiger charge is -2.24. The van der Waals surface area contributed by atoms with Gasteiger partial charge < -0.3 is 5.11 Å². The van der Waals surface area contributed by atoms with Crippen molar-refractivity contribution in [2.75, 3.05) is 18.1 Å². The Morgan fingerprint density at radius 3 is 2.60 bits per heavy atom. The van der Waals surface area contributed by atoms with Crippen LogP contribution in [-0.2, 0) is 0 Å². The van der Waals surface area contributed by atoms with Gasteiger partial charge in [-0.3, -0.25) is 0 Å². The highest BCUT2D eigenvalue weighted by Gasteiger charge is 2.19. The van der Waals surface area contributed by atoms with Gasteiger partial charge in [-0.05, 0) is 17.9 Å². The normalized spacial score (nSPS) is 24.6. The number of hydrogen-bond acceptors (Lipinski definition) is 3. The first kappa shape index (κ1) is 8.75.